The van der Waals surface area contributed by atoms with Crippen molar-refractivity contribution in [2.24, 2.45) is 10.8 Å². The lowest BCUT2D eigenvalue weighted by Crippen LogP contribution is -2.24. The van der Waals surface area contributed by atoms with Crippen LogP contribution >= 0.6 is 0 Å². The normalized spacial score (nSPS) is 10.6. The molecule has 116 valence electrons. The number of hydrazone groups is 1. The van der Waals surface area contributed by atoms with E-state index in [2.05, 4.69) is 17.5 Å². The third kappa shape index (κ3) is 6.65. The molecule has 0 atom stereocenters. The van der Waals surface area contributed by atoms with Crippen LogP contribution in [0.3, 0.4) is 0 Å². The summed E-state index contributed by atoms with van der Waals surface area (Å²) in [5.41, 5.74) is 7.83. The maximum atomic E-state index is 10.5. The zero-order valence-electron chi connectivity index (χ0n) is 12.6. The summed E-state index contributed by atoms with van der Waals surface area (Å²) >= 11 is 0. The maximum Gasteiger partial charge on any atom is 0.332 e. The summed E-state index contributed by atoms with van der Waals surface area (Å²) in [5.74, 6) is 1.34. The molecule has 0 unspecified atom stereocenters. The molecule has 21 heavy (non-hydrogen) atoms. The Kier molecular flexibility index (Phi) is 7.71. The highest BCUT2D eigenvalue weighted by atomic mass is 16.5. The Labute approximate surface area is 125 Å². The van der Waals surface area contributed by atoms with Crippen molar-refractivity contribution >= 4 is 12.2 Å². The number of nitrogens with two attached hydrogens (primary N) is 1. The van der Waals surface area contributed by atoms with Gasteiger partial charge in [-0.25, -0.2) is 10.2 Å². The number of carbonyl (C=O) groups excluding carboxylic acids is 1. The first-order valence-corrected chi connectivity index (χ1v) is 7.06. The minimum Gasteiger partial charge on any atom is -0.493 e. The van der Waals surface area contributed by atoms with Crippen LogP contribution in [-0.2, 0) is 0 Å². The van der Waals surface area contributed by atoms with Crippen LogP contribution in [-0.4, -0.2) is 26.0 Å². The second kappa shape index (κ2) is 9.63. The topological polar surface area (TPSA) is 85.9 Å². The van der Waals surface area contributed by atoms with Gasteiger partial charge in [-0.3, -0.25) is 0 Å². The van der Waals surface area contributed by atoms with E-state index >= 15 is 0 Å². The summed E-state index contributed by atoms with van der Waals surface area (Å²) in [6.45, 7) is 2.85. The van der Waals surface area contributed by atoms with Gasteiger partial charge in [-0.15, -0.1) is 0 Å². The van der Waals surface area contributed by atoms with E-state index in [0.29, 0.717) is 18.1 Å². The molecule has 0 bridgehead atoms. The Morgan fingerprint density at radius 3 is 2.81 bits per heavy atom. The van der Waals surface area contributed by atoms with E-state index in [-0.39, 0.29) is 0 Å². The Morgan fingerprint density at radius 1 is 1.33 bits per heavy atom. The van der Waals surface area contributed by atoms with Gasteiger partial charge in [0.25, 0.3) is 0 Å². The van der Waals surface area contributed by atoms with Crippen molar-refractivity contribution in [1.82, 2.24) is 5.43 Å². The molecular weight excluding hydrogens is 270 g/mol. The van der Waals surface area contributed by atoms with Crippen molar-refractivity contribution in [2.75, 3.05) is 13.7 Å². The molecule has 1 aromatic carbocycles. The quantitative estimate of drug-likeness (QED) is 0.417. The lowest BCUT2D eigenvalue weighted by atomic mass is 10.2. The summed E-state index contributed by atoms with van der Waals surface area (Å²) in [5, 5.41) is 3.70. The highest BCUT2D eigenvalue weighted by Gasteiger charge is 2.05. The van der Waals surface area contributed by atoms with Gasteiger partial charge < -0.3 is 15.2 Å². The van der Waals surface area contributed by atoms with Gasteiger partial charge in [0.2, 0.25) is 0 Å². The van der Waals surface area contributed by atoms with Gasteiger partial charge in [-0.1, -0.05) is 26.2 Å². The van der Waals surface area contributed by atoms with Crippen LogP contribution in [0.25, 0.3) is 0 Å². The van der Waals surface area contributed by atoms with Crippen molar-refractivity contribution in [1.29, 1.82) is 0 Å². The number of rotatable bonds is 9. The zero-order valence-corrected chi connectivity index (χ0v) is 12.6. The summed E-state index contributed by atoms with van der Waals surface area (Å²) < 4.78 is 11.0. The Balaban J connectivity index is 2.57. The van der Waals surface area contributed by atoms with E-state index in [1.54, 1.807) is 13.2 Å². The Hall–Kier alpha value is -2.24. The third-order valence-corrected chi connectivity index (χ3v) is 2.83. The van der Waals surface area contributed by atoms with Crippen LogP contribution in [0.2, 0.25) is 0 Å². The van der Waals surface area contributed by atoms with Gasteiger partial charge in [0.1, 0.15) is 0 Å². The molecule has 1 aromatic rings. The van der Waals surface area contributed by atoms with Gasteiger partial charge in [-0.05, 0) is 30.2 Å². The lowest BCUT2D eigenvalue weighted by Gasteiger charge is -2.11. The van der Waals surface area contributed by atoms with Gasteiger partial charge >= 0.3 is 6.03 Å². The van der Waals surface area contributed by atoms with Crippen LogP contribution in [0.4, 0.5) is 4.79 Å². The predicted octanol–water partition coefficient (Wildman–Crippen LogP) is 2.66. The molecule has 0 fully saturated rings. The fraction of sp³-hybridized carbons (Fsp3) is 0.467. The fourth-order valence-electron chi connectivity index (χ4n) is 1.77. The molecule has 0 heterocycles. The maximum absolute atomic E-state index is 10.5. The van der Waals surface area contributed by atoms with Crippen molar-refractivity contribution in [3.8, 4) is 11.5 Å². The van der Waals surface area contributed by atoms with Gasteiger partial charge in [0.15, 0.2) is 11.5 Å². The molecule has 0 radical (unpaired) electrons. The summed E-state index contributed by atoms with van der Waals surface area (Å²) in [6.07, 6.45) is 6.11. The molecule has 0 aromatic heterocycles. The molecule has 0 saturated heterocycles. The average Bonchev–Trinajstić information content (AvgIpc) is 2.47. The third-order valence-electron chi connectivity index (χ3n) is 2.83. The van der Waals surface area contributed by atoms with Crippen LogP contribution in [0.1, 0.15) is 38.2 Å². The van der Waals surface area contributed by atoms with Gasteiger partial charge in [-0.2, -0.15) is 5.10 Å². The minimum atomic E-state index is -0.703. The predicted molar refractivity (Wildman–Crippen MR) is 82.9 cm³/mol. The standard InChI is InChI=1S/C15H23N3O3/c1-3-4-5-6-9-21-13-8-7-12(10-14(13)20-2)11-17-18-15(16)19/h7-8,10-11H,3-6,9H2,1-2H3,(H3,16,18,19)/b17-11-. The smallest absolute Gasteiger partial charge is 0.332 e. The van der Waals surface area contributed by atoms with Crippen LogP contribution in [0.15, 0.2) is 23.3 Å². The number of hydrogen-bond donors (Lipinski definition) is 2. The molecular formula is C15H23N3O3. The first-order valence-electron chi connectivity index (χ1n) is 7.06. The molecule has 2 amide bonds. The summed E-state index contributed by atoms with van der Waals surface area (Å²) in [7, 11) is 1.59. The highest BCUT2D eigenvalue weighted by Crippen LogP contribution is 2.27. The largest absolute Gasteiger partial charge is 0.493 e. The Bertz CT molecular complexity index is 475. The number of unbranched alkanes of at least 4 members (excludes halogenated alkanes) is 3. The number of benzene rings is 1. The highest BCUT2D eigenvalue weighted by molar-refractivity contribution is 5.82. The second-order valence-corrected chi connectivity index (χ2v) is 4.55. The summed E-state index contributed by atoms with van der Waals surface area (Å²) in [6, 6.07) is 4.73. The van der Waals surface area contributed by atoms with Crippen molar-refractivity contribution < 1.29 is 14.3 Å². The SMILES string of the molecule is CCCCCCOc1ccc(/C=N\NC(N)=O)cc1OC. The molecule has 0 aliphatic heterocycles. The number of amides is 2. The molecule has 6 nitrogen and oxygen atoms in total. The van der Waals surface area contributed by atoms with Gasteiger partial charge in [0, 0.05) is 0 Å². The molecule has 0 aliphatic carbocycles. The molecule has 6 heteroatoms. The minimum absolute atomic E-state index is 0.633. The van der Waals surface area contributed by atoms with E-state index < -0.39 is 6.03 Å². The molecule has 0 saturated carbocycles. The summed E-state index contributed by atoms with van der Waals surface area (Å²) in [4.78, 5) is 10.5. The van der Waals surface area contributed by atoms with E-state index in [1.165, 1.54) is 25.5 Å². The first-order chi connectivity index (χ1) is 10.2. The van der Waals surface area contributed by atoms with Crippen molar-refractivity contribution in [2.45, 2.75) is 32.6 Å². The number of hydrogen-bond acceptors (Lipinski definition) is 4. The van der Waals surface area contributed by atoms with Crippen LogP contribution in [0, 0.1) is 0 Å². The Morgan fingerprint density at radius 2 is 2.14 bits per heavy atom. The average molecular weight is 293 g/mol. The van der Waals surface area contributed by atoms with E-state index in [4.69, 9.17) is 15.2 Å². The van der Waals surface area contributed by atoms with Crippen LogP contribution < -0.4 is 20.6 Å². The number of ether oxygens (including phenoxy) is 2. The number of carbonyl (C=O) groups is 1. The number of urea groups is 1. The number of primary amides is 1. The van der Waals surface area contributed by atoms with Crippen molar-refractivity contribution in [3.05, 3.63) is 23.8 Å². The number of nitrogens with zero attached hydrogens (tertiary/aromatic N) is 1. The molecule has 3 N–H and O–H groups in total. The number of methoxy groups -OCH3 is 1. The fourth-order valence-corrected chi connectivity index (χ4v) is 1.77. The van der Waals surface area contributed by atoms with E-state index in [1.807, 2.05) is 12.1 Å². The molecule has 1 rings (SSSR count). The van der Waals surface area contributed by atoms with Gasteiger partial charge in [0.05, 0.1) is 19.9 Å². The second-order valence-electron chi connectivity index (χ2n) is 4.55. The first kappa shape index (κ1) is 16.8. The molecule has 0 spiro atoms. The van der Waals surface area contributed by atoms with Crippen LogP contribution in [0.5, 0.6) is 11.5 Å². The number of nitrogens with one attached hydrogen (secondary N) is 1. The van der Waals surface area contributed by atoms with E-state index in [0.717, 1.165) is 12.0 Å². The molecule has 0 aliphatic rings. The monoisotopic (exact) mass is 293 g/mol. The van der Waals surface area contributed by atoms with Crippen molar-refractivity contribution in [3.63, 3.8) is 0 Å². The lowest BCUT2D eigenvalue weighted by molar-refractivity contribution is 0.249. The zero-order chi connectivity index (χ0) is 15.5. The van der Waals surface area contributed by atoms with E-state index in [9.17, 15) is 4.79 Å².